The van der Waals surface area contributed by atoms with Gasteiger partial charge in [-0.1, -0.05) is 54.6 Å². The second-order valence-corrected chi connectivity index (χ2v) is 8.29. The number of para-hydroxylation sites is 2. The number of aliphatic carboxylic acids is 1. The minimum atomic E-state index is -1.22. The van der Waals surface area contributed by atoms with Crippen LogP contribution < -0.4 is 4.90 Å². The number of carboxylic acids is 1. The van der Waals surface area contributed by atoms with Gasteiger partial charge in [-0.2, -0.15) is 5.26 Å². The zero-order chi connectivity index (χ0) is 23.0. The Kier molecular flexibility index (Phi) is 6.79. The van der Waals surface area contributed by atoms with E-state index in [-0.39, 0.29) is 5.57 Å². The fourth-order valence-electron chi connectivity index (χ4n) is 3.33. The van der Waals surface area contributed by atoms with Gasteiger partial charge in [0.15, 0.2) is 0 Å². The van der Waals surface area contributed by atoms with Gasteiger partial charge in [0.05, 0.1) is 0 Å². The molecule has 1 N–H and O–H groups in total. The Morgan fingerprint density at radius 2 is 1.30 bits per heavy atom. The first-order valence-corrected chi connectivity index (χ1v) is 11.1. The van der Waals surface area contributed by atoms with Crippen molar-refractivity contribution in [2.24, 2.45) is 0 Å². The zero-order valence-corrected chi connectivity index (χ0v) is 18.4. The molecule has 0 aliphatic carbocycles. The fraction of sp³-hybridized carbons (Fsp3) is 0. The van der Waals surface area contributed by atoms with Gasteiger partial charge in [-0.3, -0.25) is 0 Å². The van der Waals surface area contributed by atoms with E-state index in [9.17, 15) is 4.79 Å². The van der Waals surface area contributed by atoms with E-state index in [1.807, 2.05) is 60.7 Å². The molecule has 0 fully saturated rings. The van der Waals surface area contributed by atoms with Crippen molar-refractivity contribution in [3.8, 4) is 6.07 Å². The Morgan fingerprint density at radius 1 is 0.758 bits per heavy atom. The molecule has 4 nitrogen and oxygen atoms in total. The molecule has 5 heteroatoms. The van der Waals surface area contributed by atoms with E-state index in [2.05, 4.69) is 53.4 Å². The number of nitrogens with zero attached hydrogens (tertiary/aromatic N) is 2. The minimum absolute atomic E-state index is 0.274. The molecule has 0 spiro atoms. The first kappa shape index (κ1) is 21.8. The van der Waals surface area contributed by atoms with E-state index in [4.69, 9.17) is 10.4 Å². The quantitative estimate of drug-likeness (QED) is 0.237. The molecular weight excluding hydrogens is 428 g/mol. The number of thiophene rings is 1. The van der Waals surface area contributed by atoms with Gasteiger partial charge in [-0.15, -0.1) is 11.3 Å². The molecule has 0 amide bonds. The van der Waals surface area contributed by atoms with E-state index in [0.717, 1.165) is 32.4 Å². The maximum absolute atomic E-state index is 11.0. The standard InChI is InChI=1S/C28H20N2O2S/c29-20-22(28(31)32)19-27-18-17-26(33-27)16-13-21-11-14-25(15-12-21)30(23-7-3-1-4-8-23)24-9-5-2-6-10-24/h1-19H,(H,31,32)/b16-13+,22-19+. The van der Waals surface area contributed by atoms with Crippen LogP contribution in [0.3, 0.4) is 0 Å². The van der Waals surface area contributed by atoms with Gasteiger partial charge in [0.2, 0.25) is 0 Å². The van der Waals surface area contributed by atoms with Gasteiger partial charge in [0.25, 0.3) is 0 Å². The number of hydrogen-bond acceptors (Lipinski definition) is 4. The summed E-state index contributed by atoms with van der Waals surface area (Å²) in [6.07, 6.45) is 5.39. The van der Waals surface area contributed by atoms with Crippen LogP contribution >= 0.6 is 11.3 Å². The minimum Gasteiger partial charge on any atom is -0.477 e. The Labute approximate surface area is 196 Å². The summed E-state index contributed by atoms with van der Waals surface area (Å²) in [6, 6.07) is 34.2. The average Bonchev–Trinajstić information content (AvgIpc) is 3.31. The Morgan fingerprint density at radius 3 is 1.85 bits per heavy atom. The first-order valence-electron chi connectivity index (χ1n) is 10.3. The molecule has 33 heavy (non-hydrogen) atoms. The molecule has 0 atom stereocenters. The van der Waals surface area contributed by atoms with Crippen molar-refractivity contribution in [2.45, 2.75) is 0 Å². The molecule has 0 bridgehead atoms. The van der Waals surface area contributed by atoms with Gasteiger partial charge in [-0.05, 0) is 66.2 Å². The van der Waals surface area contributed by atoms with Gasteiger partial charge in [0.1, 0.15) is 11.6 Å². The number of anilines is 3. The van der Waals surface area contributed by atoms with E-state index >= 15 is 0 Å². The number of rotatable bonds is 7. The largest absolute Gasteiger partial charge is 0.477 e. The van der Waals surface area contributed by atoms with E-state index in [1.54, 1.807) is 6.07 Å². The lowest BCUT2D eigenvalue weighted by Crippen LogP contribution is -2.09. The highest BCUT2D eigenvalue weighted by Gasteiger charge is 2.11. The van der Waals surface area contributed by atoms with Gasteiger partial charge < -0.3 is 10.0 Å². The maximum atomic E-state index is 11.0. The summed E-state index contributed by atoms with van der Waals surface area (Å²) in [5, 5.41) is 17.9. The van der Waals surface area contributed by atoms with Crippen LogP contribution in [0.15, 0.2) is 103 Å². The van der Waals surface area contributed by atoms with Crippen LogP contribution in [-0.2, 0) is 4.79 Å². The molecular formula is C28H20N2O2S. The summed E-state index contributed by atoms with van der Waals surface area (Å²) in [7, 11) is 0. The van der Waals surface area contributed by atoms with Crippen LogP contribution in [0, 0.1) is 11.3 Å². The highest BCUT2D eigenvalue weighted by atomic mass is 32.1. The fourth-order valence-corrected chi connectivity index (χ4v) is 4.19. The predicted octanol–water partition coefficient (Wildman–Crippen LogP) is 7.38. The van der Waals surface area contributed by atoms with Crippen molar-refractivity contribution < 1.29 is 9.90 Å². The summed E-state index contributed by atoms with van der Waals surface area (Å²) < 4.78 is 0. The summed E-state index contributed by atoms with van der Waals surface area (Å²) in [5.41, 5.74) is 4.01. The van der Waals surface area contributed by atoms with E-state index in [1.165, 1.54) is 17.4 Å². The van der Waals surface area contributed by atoms with Crippen molar-refractivity contribution in [3.05, 3.63) is 118 Å². The zero-order valence-electron chi connectivity index (χ0n) is 17.6. The van der Waals surface area contributed by atoms with Crippen molar-refractivity contribution >= 4 is 52.6 Å². The number of carbonyl (C=O) groups is 1. The lowest BCUT2D eigenvalue weighted by molar-refractivity contribution is -0.132. The third-order valence-electron chi connectivity index (χ3n) is 4.91. The second kappa shape index (κ2) is 10.3. The molecule has 1 aromatic heterocycles. The van der Waals surface area contributed by atoms with Crippen LogP contribution in [0.4, 0.5) is 17.1 Å². The van der Waals surface area contributed by atoms with E-state index in [0.29, 0.717) is 0 Å². The molecule has 0 saturated carbocycles. The monoisotopic (exact) mass is 448 g/mol. The summed E-state index contributed by atoms with van der Waals surface area (Å²) in [5.74, 6) is -1.22. The Hall–Kier alpha value is -4.40. The van der Waals surface area contributed by atoms with Crippen LogP contribution in [0.2, 0.25) is 0 Å². The molecule has 0 radical (unpaired) electrons. The molecule has 3 aromatic carbocycles. The Bertz CT molecular complexity index is 1290. The molecule has 0 unspecified atom stereocenters. The average molecular weight is 449 g/mol. The lowest BCUT2D eigenvalue weighted by atomic mass is 10.1. The number of benzene rings is 3. The van der Waals surface area contributed by atoms with Crippen LogP contribution in [-0.4, -0.2) is 11.1 Å². The third kappa shape index (κ3) is 5.45. The molecule has 0 saturated heterocycles. The van der Waals surface area contributed by atoms with Gasteiger partial charge in [0, 0.05) is 26.8 Å². The number of hydrogen-bond donors (Lipinski definition) is 1. The van der Waals surface area contributed by atoms with Crippen LogP contribution in [0.25, 0.3) is 18.2 Å². The highest BCUT2D eigenvalue weighted by molar-refractivity contribution is 7.13. The van der Waals surface area contributed by atoms with Gasteiger partial charge >= 0.3 is 5.97 Å². The molecule has 0 aliphatic rings. The summed E-state index contributed by atoms with van der Waals surface area (Å²) >= 11 is 1.43. The van der Waals surface area contributed by atoms with Crippen molar-refractivity contribution in [3.63, 3.8) is 0 Å². The highest BCUT2D eigenvalue weighted by Crippen LogP contribution is 2.34. The van der Waals surface area contributed by atoms with Gasteiger partial charge in [-0.25, -0.2) is 4.79 Å². The molecule has 160 valence electrons. The Balaban J connectivity index is 1.55. The van der Waals surface area contributed by atoms with Crippen molar-refractivity contribution in [2.75, 3.05) is 4.90 Å². The molecule has 4 rings (SSSR count). The van der Waals surface area contributed by atoms with Crippen molar-refractivity contribution in [1.29, 1.82) is 5.26 Å². The number of carboxylic acid groups (broad SMARTS) is 1. The normalized spacial score (nSPS) is 11.3. The topological polar surface area (TPSA) is 64.3 Å². The van der Waals surface area contributed by atoms with Crippen LogP contribution in [0.5, 0.6) is 0 Å². The third-order valence-corrected chi connectivity index (χ3v) is 5.90. The van der Waals surface area contributed by atoms with E-state index < -0.39 is 5.97 Å². The molecule has 0 aliphatic heterocycles. The van der Waals surface area contributed by atoms with Crippen LogP contribution in [0.1, 0.15) is 15.3 Å². The maximum Gasteiger partial charge on any atom is 0.346 e. The second-order valence-electron chi connectivity index (χ2n) is 7.15. The SMILES string of the molecule is N#C/C(=C\c1ccc(/C=C/c2ccc(N(c3ccccc3)c3ccccc3)cc2)s1)C(=O)O. The molecule has 4 aromatic rings. The number of nitriles is 1. The van der Waals surface area contributed by atoms with Crippen molar-refractivity contribution in [1.82, 2.24) is 0 Å². The molecule has 1 heterocycles. The smallest absolute Gasteiger partial charge is 0.346 e. The summed E-state index contributed by atoms with van der Waals surface area (Å²) in [6.45, 7) is 0. The predicted molar refractivity (Wildman–Crippen MR) is 136 cm³/mol. The first-order chi connectivity index (χ1) is 16.1. The summed E-state index contributed by atoms with van der Waals surface area (Å²) in [4.78, 5) is 14.9. The lowest BCUT2D eigenvalue weighted by Gasteiger charge is -2.25.